The van der Waals surface area contributed by atoms with Crippen LogP contribution in [0, 0.1) is 0 Å². The molecule has 20 heavy (non-hydrogen) atoms. The van der Waals surface area contributed by atoms with Crippen LogP contribution in [0.25, 0.3) is 0 Å². The van der Waals surface area contributed by atoms with Gasteiger partial charge in [-0.2, -0.15) is 0 Å². The Morgan fingerprint density at radius 3 is 1.65 bits per heavy atom. The van der Waals surface area contributed by atoms with E-state index >= 15 is 0 Å². The van der Waals surface area contributed by atoms with Crippen molar-refractivity contribution in [3.8, 4) is 0 Å². The molecule has 0 saturated heterocycles. The van der Waals surface area contributed by atoms with E-state index in [0.29, 0.717) is 6.42 Å². The van der Waals surface area contributed by atoms with Crippen molar-refractivity contribution in [1.82, 2.24) is 0 Å². The van der Waals surface area contributed by atoms with Gasteiger partial charge < -0.3 is 5.11 Å². The van der Waals surface area contributed by atoms with E-state index in [2.05, 4.69) is 15.9 Å². The molecule has 1 aliphatic rings. The van der Waals surface area contributed by atoms with Gasteiger partial charge in [0.1, 0.15) is 4.32 Å². The van der Waals surface area contributed by atoms with Gasteiger partial charge in [0.05, 0.1) is 0 Å². The third-order valence-electron chi connectivity index (χ3n) is 3.93. The number of hydrogen-bond donors (Lipinski definition) is 1. The summed E-state index contributed by atoms with van der Waals surface area (Å²) < 4.78 is -0.900. The summed E-state index contributed by atoms with van der Waals surface area (Å²) >= 11 is 3.45. The Labute approximate surface area is 148 Å². The van der Waals surface area contributed by atoms with Crippen molar-refractivity contribution in [3.63, 3.8) is 0 Å². The summed E-state index contributed by atoms with van der Waals surface area (Å²) in [6.45, 7) is 0. The minimum atomic E-state index is -0.900. The average molecular weight is 340 g/mol. The van der Waals surface area contributed by atoms with Crippen molar-refractivity contribution in [3.05, 3.63) is 71.8 Å². The first-order chi connectivity index (χ1) is 9.11. The van der Waals surface area contributed by atoms with Gasteiger partial charge in [-0.05, 0) is 17.5 Å². The Bertz CT molecular complexity index is 575. The van der Waals surface area contributed by atoms with Gasteiger partial charge >= 0.3 is 35.5 Å². The van der Waals surface area contributed by atoms with Crippen LogP contribution in [0.2, 0.25) is 0 Å². The number of alkyl halides is 1. The van der Waals surface area contributed by atoms with E-state index in [4.69, 9.17) is 0 Å². The Balaban J connectivity index is 0.00000147. The second-order valence-corrected chi connectivity index (χ2v) is 6.27. The van der Waals surface area contributed by atoms with Crippen molar-refractivity contribution in [2.45, 2.75) is 16.2 Å². The van der Waals surface area contributed by atoms with Crippen LogP contribution < -0.4 is 29.6 Å². The Morgan fingerprint density at radius 2 is 1.35 bits per heavy atom. The zero-order chi connectivity index (χ0) is 13.5. The maximum atomic E-state index is 11.6. The molecule has 4 heteroatoms. The second-order valence-electron chi connectivity index (χ2n) is 4.92. The summed E-state index contributed by atoms with van der Waals surface area (Å²) in [6, 6.07) is 19.7. The summed E-state index contributed by atoms with van der Waals surface area (Å²) in [4.78, 5) is 11.6. The van der Waals surface area contributed by atoms with Crippen molar-refractivity contribution < 1.29 is 39.5 Å². The molecule has 2 nitrogen and oxygen atoms in total. The van der Waals surface area contributed by atoms with Crippen molar-refractivity contribution in [1.29, 1.82) is 0 Å². The molecule has 2 aromatic rings. The molecule has 3 rings (SSSR count). The van der Waals surface area contributed by atoms with E-state index in [1.807, 2.05) is 60.7 Å². The maximum absolute atomic E-state index is 11.6. The molecule has 1 fully saturated rings. The number of carboxylic acid groups (broad SMARTS) is 1. The molecule has 1 N–H and O–H groups in total. The van der Waals surface area contributed by atoms with Gasteiger partial charge in [-0.1, -0.05) is 76.6 Å². The van der Waals surface area contributed by atoms with E-state index in [1.54, 1.807) is 0 Å². The molecule has 0 aromatic heterocycles. The quantitative estimate of drug-likeness (QED) is 0.656. The van der Waals surface area contributed by atoms with Crippen LogP contribution >= 0.6 is 15.9 Å². The smallest absolute Gasteiger partial charge is 0.480 e. The van der Waals surface area contributed by atoms with Gasteiger partial charge in [0.15, 0.2) is 0 Å². The van der Waals surface area contributed by atoms with Crippen LogP contribution in [0.15, 0.2) is 60.7 Å². The second kappa shape index (κ2) is 5.64. The number of carbonyl (C=O) groups is 1. The number of hydrogen-bond acceptors (Lipinski definition) is 1. The molecule has 1 atom stereocenters. The Kier molecular flexibility index (Phi) is 4.45. The third kappa shape index (κ3) is 2.17. The molecule has 0 heterocycles. The maximum Gasteiger partial charge on any atom is 1.00 e. The van der Waals surface area contributed by atoms with E-state index < -0.39 is 15.7 Å². The number of halogens is 1. The molecular formula is C16H13BrNaO2+. The van der Waals surface area contributed by atoms with Gasteiger partial charge in [0.2, 0.25) is 0 Å². The molecule has 1 aliphatic carbocycles. The molecule has 0 spiro atoms. The third-order valence-corrected chi connectivity index (χ3v) is 5.23. The Hall–Kier alpha value is -0.610. The molecular weight excluding hydrogens is 327 g/mol. The van der Waals surface area contributed by atoms with Crippen molar-refractivity contribution in [2.75, 3.05) is 0 Å². The monoisotopic (exact) mass is 339 g/mol. The molecule has 0 aliphatic heterocycles. The van der Waals surface area contributed by atoms with E-state index in [0.717, 1.165) is 11.1 Å². The Morgan fingerprint density at radius 1 is 0.950 bits per heavy atom. The van der Waals surface area contributed by atoms with Crippen LogP contribution in [0.5, 0.6) is 0 Å². The fraction of sp³-hybridized carbons (Fsp3) is 0.188. The molecule has 0 bridgehead atoms. The van der Waals surface area contributed by atoms with E-state index in [9.17, 15) is 9.90 Å². The SMILES string of the molecule is O=C(O)C1(Br)CC1(c1ccccc1)c1ccccc1.[Na+]. The zero-order valence-electron chi connectivity index (χ0n) is 11.2. The van der Waals surface area contributed by atoms with Gasteiger partial charge in [0.25, 0.3) is 0 Å². The number of benzene rings is 2. The normalized spacial score (nSPS) is 22.6. The van der Waals surface area contributed by atoms with Crippen LogP contribution in [0.3, 0.4) is 0 Å². The molecule has 1 saturated carbocycles. The summed E-state index contributed by atoms with van der Waals surface area (Å²) in [5, 5.41) is 9.52. The molecule has 96 valence electrons. The summed E-state index contributed by atoms with van der Waals surface area (Å²) in [5.74, 6) is -0.805. The first-order valence-corrected chi connectivity index (χ1v) is 6.94. The first-order valence-electron chi connectivity index (χ1n) is 6.15. The van der Waals surface area contributed by atoms with Gasteiger partial charge in [-0.25, -0.2) is 0 Å². The fourth-order valence-electron chi connectivity index (χ4n) is 2.85. The predicted molar refractivity (Wildman–Crippen MR) is 77.6 cm³/mol. The van der Waals surface area contributed by atoms with Crippen LogP contribution in [-0.2, 0) is 10.2 Å². The van der Waals surface area contributed by atoms with Gasteiger partial charge in [-0.3, -0.25) is 4.79 Å². The van der Waals surface area contributed by atoms with Crippen LogP contribution in [0.1, 0.15) is 17.5 Å². The summed E-state index contributed by atoms with van der Waals surface area (Å²) in [5.41, 5.74) is 1.61. The first kappa shape index (κ1) is 15.8. The minimum Gasteiger partial charge on any atom is -0.480 e. The molecule has 2 aromatic carbocycles. The van der Waals surface area contributed by atoms with Crippen LogP contribution in [0.4, 0.5) is 0 Å². The van der Waals surface area contributed by atoms with Crippen molar-refractivity contribution in [2.24, 2.45) is 0 Å². The molecule has 1 unspecified atom stereocenters. The summed E-state index contributed by atoms with van der Waals surface area (Å²) in [6.07, 6.45) is 0.573. The number of aliphatic carboxylic acids is 1. The van der Waals surface area contributed by atoms with Gasteiger partial charge in [0, 0.05) is 5.41 Å². The van der Waals surface area contributed by atoms with Gasteiger partial charge in [-0.15, -0.1) is 0 Å². The molecule has 0 amide bonds. The fourth-order valence-corrected chi connectivity index (χ4v) is 3.73. The minimum absolute atomic E-state index is 0. The predicted octanol–water partition coefficient (Wildman–Crippen LogP) is 0.599. The standard InChI is InChI=1S/C16H13BrO2.Na/c17-16(14(18)19)11-15(16,12-7-3-1-4-8-12)13-9-5-2-6-10-13;/h1-10H,11H2,(H,18,19);/q;+1. The topological polar surface area (TPSA) is 37.3 Å². The van der Waals surface area contributed by atoms with E-state index in [1.165, 1.54) is 0 Å². The van der Waals surface area contributed by atoms with Crippen molar-refractivity contribution >= 4 is 21.9 Å². The van der Waals surface area contributed by atoms with E-state index in [-0.39, 0.29) is 29.6 Å². The van der Waals surface area contributed by atoms with Crippen LogP contribution in [-0.4, -0.2) is 15.4 Å². The largest absolute Gasteiger partial charge is 1.00 e. The zero-order valence-corrected chi connectivity index (χ0v) is 14.8. The number of carboxylic acids is 1. The summed E-state index contributed by atoms with van der Waals surface area (Å²) in [7, 11) is 0. The average Bonchev–Trinajstić information content (AvgIpc) is 3.10. The number of rotatable bonds is 3. The molecule has 0 radical (unpaired) electrons.